The predicted octanol–water partition coefficient (Wildman–Crippen LogP) is 21.4. The fourth-order valence-electron chi connectivity index (χ4n) is 13.5. The average Bonchev–Trinajstić information content (AvgIpc) is 1.56. The summed E-state index contributed by atoms with van der Waals surface area (Å²) >= 11 is 0. The quantitative estimate of drug-likeness (QED) is 0.159. The van der Waals surface area contributed by atoms with E-state index in [0.29, 0.717) is 0 Å². The molecule has 0 heterocycles. The molecule has 2 heteroatoms. The van der Waals surface area contributed by atoms with E-state index in [4.69, 9.17) is 0 Å². The summed E-state index contributed by atoms with van der Waals surface area (Å²) in [6.07, 6.45) is 0. The van der Waals surface area contributed by atoms with Gasteiger partial charge in [-0.25, -0.2) is 0 Å². The van der Waals surface area contributed by atoms with E-state index >= 15 is 0 Å². The van der Waals surface area contributed by atoms with Crippen LogP contribution in [0.15, 0.2) is 243 Å². The summed E-state index contributed by atoms with van der Waals surface area (Å²) in [5.74, 6) is 0. The third-order valence-electron chi connectivity index (χ3n) is 18.7. The van der Waals surface area contributed by atoms with Crippen molar-refractivity contribution in [2.24, 2.45) is 0 Å². The van der Waals surface area contributed by atoms with E-state index in [-0.39, 0.29) is 21.7 Å². The first-order valence-corrected chi connectivity index (χ1v) is 30.7. The van der Waals surface area contributed by atoms with Gasteiger partial charge in [0, 0.05) is 33.4 Å². The Balaban J connectivity index is 0.931. The Kier molecular flexibility index (Phi) is 13.5. The molecule has 0 fully saturated rings. The fourth-order valence-corrected chi connectivity index (χ4v) is 13.5. The molecular formula is C84H78O2. The predicted molar refractivity (Wildman–Crippen MR) is 362 cm³/mol. The lowest BCUT2D eigenvalue weighted by atomic mass is 9.78. The molecule has 0 aliphatic heterocycles. The van der Waals surface area contributed by atoms with Crippen molar-refractivity contribution in [3.05, 3.63) is 298 Å². The number of fused-ring (bicyclic) bond motifs is 6. The maximum Gasteiger partial charge on any atom is 0.142 e. The van der Waals surface area contributed by atoms with Crippen molar-refractivity contribution in [1.29, 1.82) is 0 Å². The van der Waals surface area contributed by atoms with Crippen molar-refractivity contribution in [1.82, 2.24) is 0 Å². The zero-order chi connectivity index (χ0) is 60.3. The molecule has 0 spiro atoms. The lowest BCUT2D eigenvalue weighted by Crippen LogP contribution is -2.27. The van der Waals surface area contributed by atoms with Crippen LogP contribution < -0.4 is 0 Å². The summed E-state index contributed by atoms with van der Waals surface area (Å²) in [6.45, 7) is 27.0. The third-order valence-corrected chi connectivity index (χ3v) is 18.7. The number of hydrogen-bond acceptors (Lipinski definition) is 2. The van der Waals surface area contributed by atoms with Crippen LogP contribution in [0.2, 0.25) is 0 Å². The third kappa shape index (κ3) is 9.69. The van der Waals surface area contributed by atoms with Crippen LogP contribution in [0.3, 0.4) is 0 Å². The van der Waals surface area contributed by atoms with Crippen LogP contribution in [0, 0.1) is 0 Å². The number of rotatable bonds is 8. The van der Waals surface area contributed by atoms with Gasteiger partial charge in [0.05, 0.1) is 0 Å². The Morgan fingerprint density at radius 3 is 0.616 bits per heavy atom. The monoisotopic (exact) mass is 1120 g/mol. The highest BCUT2D eigenvalue weighted by Crippen LogP contribution is 2.57. The summed E-state index contributed by atoms with van der Waals surface area (Å²) in [4.78, 5) is 0. The van der Waals surface area contributed by atoms with E-state index in [1.54, 1.807) is 0 Å². The summed E-state index contributed by atoms with van der Waals surface area (Å²) in [7, 11) is 0. The van der Waals surface area contributed by atoms with Gasteiger partial charge < -0.3 is 10.2 Å². The molecule has 0 saturated carbocycles. The average molecular weight is 1120 g/mol. The molecular weight excluding hydrogens is 1040 g/mol. The topological polar surface area (TPSA) is 40.5 Å². The van der Waals surface area contributed by atoms with Crippen molar-refractivity contribution in [3.8, 4) is 89.0 Å². The largest absolute Gasteiger partial charge is 0.376 e. The lowest BCUT2D eigenvalue weighted by molar-refractivity contribution is 0.131. The van der Waals surface area contributed by atoms with Crippen LogP contribution in [0.5, 0.6) is 0 Å². The van der Waals surface area contributed by atoms with E-state index in [9.17, 15) is 10.2 Å². The molecule has 2 aliphatic carbocycles. The molecule has 0 saturated heterocycles. The molecule has 0 unspecified atom stereocenters. The van der Waals surface area contributed by atoms with Crippen LogP contribution in [0.1, 0.15) is 139 Å². The van der Waals surface area contributed by atoms with Gasteiger partial charge >= 0.3 is 0 Å². The molecule has 0 atom stereocenters. The second-order valence-corrected chi connectivity index (χ2v) is 28.4. The molecule has 426 valence electrons. The molecule has 86 heavy (non-hydrogen) atoms. The summed E-state index contributed by atoms with van der Waals surface area (Å²) in [5, 5.41) is 28.4. The van der Waals surface area contributed by atoms with Crippen LogP contribution in [0.4, 0.5) is 0 Å². The molecule has 2 N–H and O–H groups in total. The maximum atomic E-state index is 14.2. The zero-order valence-electron chi connectivity index (χ0n) is 52.0. The summed E-state index contributed by atoms with van der Waals surface area (Å²) in [5.41, 5.74) is 23.9. The van der Waals surface area contributed by atoms with E-state index < -0.39 is 11.2 Å². The first kappa shape index (κ1) is 56.5. The standard InChI is InChI=1S/C84H78O2/c1-79(2,3)63-37-25-53(26-38-63)59-33-45-69-70-46-34-60(54-27-39-64(40-28-54)80(4,5)6)50-76(70)83(85,75(69)49-59)73-19-15-13-17-67(73)57-21-23-58(24-22-57)68-18-14-16-20-74(68)84(86)77-51-61(55-29-41-65(42-30-55)81(7,8)9)35-47-71(77)72-48-36-62(52-78(72)84)56-31-43-66(44-32-56)82(10,11)12/h13-52,85-86H,1-12H3. The molecule has 11 aromatic rings. The minimum atomic E-state index is -1.51. The van der Waals surface area contributed by atoms with Gasteiger partial charge in [-0.3, -0.25) is 0 Å². The van der Waals surface area contributed by atoms with Gasteiger partial charge in [0.1, 0.15) is 11.2 Å². The van der Waals surface area contributed by atoms with Gasteiger partial charge in [-0.05, 0) is 157 Å². The van der Waals surface area contributed by atoms with Crippen molar-refractivity contribution in [3.63, 3.8) is 0 Å². The molecule has 11 aromatic carbocycles. The Hall–Kier alpha value is -8.66. The maximum absolute atomic E-state index is 14.2. The molecule has 0 aromatic heterocycles. The highest BCUT2D eigenvalue weighted by molar-refractivity contribution is 5.91. The second kappa shape index (κ2) is 20.5. The van der Waals surface area contributed by atoms with E-state index in [1.807, 2.05) is 0 Å². The Morgan fingerprint density at radius 2 is 0.395 bits per heavy atom. The van der Waals surface area contributed by atoms with Crippen molar-refractivity contribution < 1.29 is 10.2 Å². The van der Waals surface area contributed by atoms with Crippen LogP contribution in [-0.2, 0) is 32.9 Å². The van der Waals surface area contributed by atoms with Gasteiger partial charge in [0.25, 0.3) is 0 Å². The van der Waals surface area contributed by atoms with Gasteiger partial charge in [0.2, 0.25) is 0 Å². The smallest absolute Gasteiger partial charge is 0.142 e. The Bertz CT molecular complexity index is 3890. The van der Waals surface area contributed by atoms with Crippen molar-refractivity contribution >= 4 is 0 Å². The second-order valence-electron chi connectivity index (χ2n) is 28.4. The first-order chi connectivity index (χ1) is 40.9. The van der Waals surface area contributed by atoms with Gasteiger partial charge in [-0.15, -0.1) is 0 Å². The van der Waals surface area contributed by atoms with Crippen molar-refractivity contribution in [2.75, 3.05) is 0 Å². The highest BCUT2D eigenvalue weighted by atomic mass is 16.3. The molecule has 2 aliphatic rings. The van der Waals surface area contributed by atoms with Gasteiger partial charge in [0.15, 0.2) is 0 Å². The van der Waals surface area contributed by atoms with Crippen LogP contribution in [-0.4, -0.2) is 10.2 Å². The highest BCUT2D eigenvalue weighted by Gasteiger charge is 2.47. The zero-order valence-corrected chi connectivity index (χ0v) is 52.0. The van der Waals surface area contributed by atoms with E-state index in [0.717, 1.165) is 122 Å². The number of hydrogen-bond donors (Lipinski definition) is 2. The molecule has 13 rings (SSSR count). The number of benzene rings is 11. The van der Waals surface area contributed by atoms with Crippen molar-refractivity contribution in [2.45, 2.75) is 116 Å². The molecule has 0 amide bonds. The number of aliphatic hydroxyl groups is 2. The molecule has 2 nitrogen and oxygen atoms in total. The Morgan fingerprint density at radius 1 is 0.198 bits per heavy atom. The molecule has 0 bridgehead atoms. The summed E-state index contributed by atoms with van der Waals surface area (Å²) in [6, 6.07) is 87.6. The van der Waals surface area contributed by atoms with Crippen LogP contribution >= 0.6 is 0 Å². The van der Waals surface area contributed by atoms with Gasteiger partial charge in [-0.2, -0.15) is 0 Å². The Labute approximate surface area is 510 Å². The van der Waals surface area contributed by atoms with E-state index in [2.05, 4.69) is 326 Å². The fraction of sp³-hybridized carbons (Fsp3) is 0.214. The van der Waals surface area contributed by atoms with E-state index in [1.165, 1.54) is 22.3 Å². The summed E-state index contributed by atoms with van der Waals surface area (Å²) < 4.78 is 0. The first-order valence-electron chi connectivity index (χ1n) is 30.7. The lowest BCUT2D eigenvalue weighted by Gasteiger charge is -2.30. The normalized spacial score (nSPS) is 14.1. The van der Waals surface area contributed by atoms with Crippen LogP contribution in [0.25, 0.3) is 89.0 Å². The minimum absolute atomic E-state index is 0.0269. The van der Waals surface area contributed by atoms with Gasteiger partial charge in [-0.1, -0.05) is 301 Å². The SMILES string of the molecule is CC(C)(C)c1ccc(-c2ccc3c(c2)C(O)(c2ccccc2-c2ccc(-c4ccccc4C4(O)c5cc(-c6ccc(C(C)(C)C)cc6)ccc5-c5ccc(-c6ccc(C(C)(C)C)cc6)cc54)cc2)c2cc(-c4ccc(C(C)(C)C)cc4)ccc2-3)cc1. The molecule has 0 radical (unpaired) electrons. The minimum Gasteiger partial charge on any atom is -0.376 e.